The zero-order valence-electron chi connectivity index (χ0n) is 10.8. The molecule has 1 aliphatic heterocycles. The van der Waals surface area contributed by atoms with Gasteiger partial charge in [-0.2, -0.15) is 0 Å². The number of fused-ring (bicyclic) bond motifs is 1. The second kappa shape index (κ2) is 4.87. The van der Waals surface area contributed by atoms with Gasteiger partial charge in [0, 0.05) is 19.2 Å². The Morgan fingerprint density at radius 2 is 2.37 bits per heavy atom. The molecule has 1 aliphatic rings. The first kappa shape index (κ1) is 12.0. The molecule has 2 aromatic heterocycles. The van der Waals surface area contributed by atoms with Crippen molar-refractivity contribution in [1.82, 2.24) is 19.7 Å². The number of ether oxygens (including phenoxy) is 1. The highest BCUT2D eigenvalue weighted by Crippen LogP contribution is 2.24. The molecule has 0 saturated carbocycles. The number of esters is 1. The van der Waals surface area contributed by atoms with Gasteiger partial charge in [0.1, 0.15) is 5.82 Å². The summed E-state index contributed by atoms with van der Waals surface area (Å²) in [6, 6.07) is 3.91. The number of nitrogens with one attached hydrogen (secondary N) is 1. The van der Waals surface area contributed by atoms with Crippen molar-refractivity contribution in [2.75, 3.05) is 7.11 Å². The number of aryl methyl sites for hydroxylation is 1. The maximum atomic E-state index is 11.6. The maximum absolute atomic E-state index is 11.6. The molecule has 1 N–H and O–H groups in total. The van der Waals surface area contributed by atoms with Crippen LogP contribution in [0, 0.1) is 5.92 Å². The first-order chi connectivity index (χ1) is 9.29. The molecule has 0 aromatic carbocycles. The number of carbonyl (C=O) groups is 1. The Bertz CT molecular complexity index is 573. The highest BCUT2D eigenvalue weighted by molar-refractivity contribution is 5.72. The third-order valence-electron chi connectivity index (χ3n) is 3.62. The Hall–Kier alpha value is -2.11. The molecule has 0 saturated heterocycles. The lowest BCUT2D eigenvalue weighted by Crippen LogP contribution is -2.16. The second-order valence-corrected chi connectivity index (χ2v) is 4.72. The zero-order valence-corrected chi connectivity index (χ0v) is 10.8. The average molecular weight is 260 g/mol. The Labute approximate surface area is 110 Å². The molecule has 0 amide bonds. The summed E-state index contributed by atoms with van der Waals surface area (Å²) in [5.41, 5.74) is 0.954. The number of carbonyl (C=O) groups excluding carboxylic acids is 1. The molecule has 1 atom stereocenters. The van der Waals surface area contributed by atoms with Crippen molar-refractivity contribution in [2.24, 2.45) is 5.92 Å². The number of aromatic amines is 1. The van der Waals surface area contributed by atoms with E-state index in [1.165, 1.54) is 7.11 Å². The largest absolute Gasteiger partial charge is 0.469 e. The smallest absolute Gasteiger partial charge is 0.308 e. The van der Waals surface area contributed by atoms with E-state index in [-0.39, 0.29) is 11.9 Å². The Kier molecular flexibility index (Phi) is 3.06. The molecule has 1 unspecified atom stereocenters. The topological polar surface area (TPSA) is 72.8 Å². The minimum atomic E-state index is -0.125. The predicted molar refractivity (Wildman–Crippen MR) is 68.3 cm³/mol. The van der Waals surface area contributed by atoms with E-state index in [2.05, 4.69) is 19.7 Å². The summed E-state index contributed by atoms with van der Waals surface area (Å²) in [5.74, 6) is 1.62. The molecule has 0 fully saturated rings. The molecule has 100 valence electrons. The summed E-state index contributed by atoms with van der Waals surface area (Å²) in [5, 5.41) is 8.47. The standard InChI is InChI=1S/C13H16N4O2/c1-19-13(18)9-4-5-11-15-16-12(17(11)8-6-9)10-3-2-7-14-10/h2-3,7,9,14H,4-6,8H2,1H3. The summed E-state index contributed by atoms with van der Waals surface area (Å²) in [6.07, 6.45) is 4.17. The molecule has 0 spiro atoms. The van der Waals surface area contributed by atoms with Crippen LogP contribution in [-0.2, 0) is 22.5 Å². The van der Waals surface area contributed by atoms with E-state index in [0.29, 0.717) is 0 Å². The Morgan fingerprint density at radius 3 is 3.11 bits per heavy atom. The first-order valence-corrected chi connectivity index (χ1v) is 6.43. The van der Waals surface area contributed by atoms with Crippen molar-refractivity contribution in [2.45, 2.75) is 25.8 Å². The van der Waals surface area contributed by atoms with Gasteiger partial charge >= 0.3 is 5.97 Å². The number of aromatic nitrogens is 4. The number of H-pyrrole nitrogens is 1. The Balaban J connectivity index is 1.86. The highest BCUT2D eigenvalue weighted by Gasteiger charge is 2.25. The fraction of sp³-hybridized carbons (Fsp3) is 0.462. The molecule has 0 aliphatic carbocycles. The van der Waals surface area contributed by atoms with Crippen LogP contribution in [0.5, 0.6) is 0 Å². The molecule has 6 heteroatoms. The van der Waals surface area contributed by atoms with E-state index in [0.717, 1.165) is 43.1 Å². The van der Waals surface area contributed by atoms with Gasteiger partial charge in [-0.25, -0.2) is 0 Å². The third-order valence-corrected chi connectivity index (χ3v) is 3.62. The van der Waals surface area contributed by atoms with Crippen LogP contribution in [-0.4, -0.2) is 32.8 Å². The summed E-state index contributed by atoms with van der Waals surface area (Å²) < 4.78 is 6.92. The molecule has 6 nitrogen and oxygen atoms in total. The average Bonchev–Trinajstić information content (AvgIpc) is 3.03. The number of hydrogen-bond donors (Lipinski definition) is 1. The lowest BCUT2D eigenvalue weighted by Gasteiger charge is -2.10. The lowest BCUT2D eigenvalue weighted by atomic mass is 10.0. The van der Waals surface area contributed by atoms with Crippen LogP contribution in [0.3, 0.4) is 0 Å². The molecular weight excluding hydrogens is 244 g/mol. The van der Waals surface area contributed by atoms with Crippen molar-refractivity contribution in [3.8, 4) is 11.5 Å². The van der Waals surface area contributed by atoms with Crippen LogP contribution in [0.15, 0.2) is 18.3 Å². The van der Waals surface area contributed by atoms with Gasteiger partial charge in [-0.05, 0) is 25.0 Å². The summed E-state index contributed by atoms with van der Waals surface area (Å²) >= 11 is 0. The van der Waals surface area contributed by atoms with Gasteiger partial charge in [-0.1, -0.05) is 0 Å². The van der Waals surface area contributed by atoms with Gasteiger partial charge in [0.05, 0.1) is 18.7 Å². The van der Waals surface area contributed by atoms with Gasteiger partial charge < -0.3 is 14.3 Å². The maximum Gasteiger partial charge on any atom is 0.308 e. The van der Waals surface area contributed by atoms with Crippen molar-refractivity contribution in [3.05, 3.63) is 24.2 Å². The minimum Gasteiger partial charge on any atom is -0.469 e. The fourth-order valence-corrected chi connectivity index (χ4v) is 2.56. The molecule has 3 rings (SSSR count). The SMILES string of the molecule is COC(=O)C1CCc2nnc(-c3ccc[nH]3)n2CC1. The molecule has 19 heavy (non-hydrogen) atoms. The van der Waals surface area contributed by atoms with E-state index in [1.54, 1.807) is 0 Å². The van der Waals surface area contributed by atoms with Gasteiger partial charge in [0.15, 0.2) is 5.82 Å². The van der Waals surface area contributed by atoms with Gasteiger partial charge in [-0.15, -0.1) is 10.2 Å². The van der Waals surface area contributed by atoms with Crippen LogP contribution in [0.2, 0.25) is 0 Å². The molecule has 0 radical (unpaired) electrons. The number of methoxy groups -OCH3 is 1. The number of nitrogens with zero attached hydrogens (tertiary/aromatic N) is 3. The number of hydrogen-bond acceptors (Lipinski definition) is 4. The molecular formula is C13H16N4O2. The van der Waals surface area contributed by atoms with Crippen molar-refractivity contribution in [3.63, 3.8) is 0 Å². The predicted octanol–water partition coefficient (Wildman–Crippen LogP) is 1.40. The number of rotatable bonds is 2. The van der Waals surface area contributed by atoms with E-state index in [4.69, 9.17) is 4.74 Å². The lowest BCUT2D eigenvalue weighted by molar-refractivity contribution is -0.145. The van der Waals surface area contributed by atoms with E-state index in [1.807, 2.05) is 18.3 Å². The van der Waals surface area contributed by atoms with Crippen LogP contribution < -0.4 is 0 Å². The Morgan fingerprint density at radius 1 is 1.47 bits per heavy atom. The van der Waals surface area contributed by atoms with Gasteiger partial charge in [0.2, 0.25) is 0 Å². The van der Waals surface area contributed by atoms with E-state index in [9.17, 15) is 4.79 Å². The van der Waals surface area contributed by atoms with Crippen LogP contribution in [0.25, 0.3) is 11.5 Å². The van der Waals surface area contributed by atoms with Gasteiger partial charge in [-0.3, -0.25) is 4.79 Å². The summed E-state index contributed by atoms with van der Waals surface area (Å²) in [6.45, 7) is 0.746. The quantitative estimate of drug-likeness (QED) is 0.828. The van der Waals surface area contributed by atoms with Crippen molar-refractivity contribution in [1.29, 1.82) is 0 Å². The van der Waals surface area contributed by atoms with E-state index >= 15 is 0 Å². The third kappa shape index (κ3) is 2.14. The first-order valence-electron chi connectivity index (χ1n) is 6.43. The molecule has 0 bridgehead atoms. The van der Waals surface area contributed by atoms with Crippen LogP contribution in [0.4, 0.5) is 0 Å². The summed E-state index contributed by atoms with van der Waals surface area (Å²) in [7, 11) is 1.44. The second-order valence-electron chi connectivity index (χ2n) is 4.72. The summed E-state index contributed by atoms with van der Waals surface area (Å²) in [4.78, 5) is 14.8. The molecule has 2 aromatic rings. The van der Waals surface area contributed by atoms with E-state index < -0.39 is 0 Å². The van der Waals surface area contributed by atoms with Crippen LogP contribution >= 0.6 is 0 Å². The van der Waals surface area contributed by atoms with Crippen molar-refractivity contribution < 1.29 is 9.53 Å². The normalized spacial score (nSPS) is 18.7. The minimum absolute atomic E-state index is 0.0387. The highest BCUT2D eigenvalue weighted by atomic mass is 16.5. The molecule has 3 heterocycles. The monoisotopic (exact) mass is 260 g/mol. The van der Waals surface area contributed by atoms with Crippen molar-refractivity contribution >= 4 is 5.97 Å². The fourth-order valence-electron chi connectivity index (χ4n) is 2.56. The van der Waals surface area contributed by atoms with Gasteiger partial charge in [0.25, 0.3) is 0 Å². The van der Waals surface area contributed by atoms with Crippen LogP contribution in [0.1, 0.15) is 18.7 Å². The zero-order chi connectivity index (χ0) is 13.2.